The lowest BCUT2D eigenvalue weighted by molar-refractivity contribution is -0.155. The van der Waals surface area contributed by atoms with Crippen molar-refractivity contribution >= 4 is 11.9 Å². The Morgan fingerprint density at radius 3 is 2.60 bits per heavy atom. The summed E-state index contributed by atoms with van der Waals surface area (Å²) in [5.41, 5.74) is 4.44. The summed E-state index contributed by atoms with van der Waals surface area (Å²) < 4.78 is 6.23. The number of carboxylic acid groups (broad SMARTS) is 1. The highest BCUT2D eigenvalue weighted by atomic mass is 16.6. The predicted octanol–water partition coefficient (Wildman–Crippen LogP) is -3.78. The van der Waals surface area contributed by atoms with Gasteiger partial charge in [-0.2, -0.15) is 0 Å². The molecule has 1 aromatic rings. The molecule has 0 saturated carbocycles. The van der Waals surface area contributed by atoms with E-state index in [2.05, 4.69) is 0 Å². The normalized spacial score (nSPS) is 30.9. The molecule has 0 bridgehead atoms. The fraction of sp³-hybridized carbons (Fsp3) is 0.529. The van der Waals surface area contributed by atoms with Gasteiger partial charge < -0.3 is 35.8 Å². The molecule has 13 nitrogen and oxygen atoms in total. The summed E-state index contributed by atoms with van der Waals surface area (Å²) in [6.07, 6.45) is -3.80. The smallest absolute Gasteiger partial charge is 0.330 e. The van der Waals surface area contributed by atoms with Crippen molar-refractivity contribution < 1.29 is 34.8 Å². The summed E-state index contributed by atoms with van der Waals surface area (Å²) >= 11 is 0. The van der Waals surface area contributed by atoms with Crippen LogP contribution < -0.4 is 17.0 Å². The highest BCUT2D eigenvalue weighted by Crippen LogP contribution is 2.32. The third-order valence-electron chi connectivity index (χ3n) is 5.30. The average molecular weight is 426 g/mol. The van der Waals surface area contributed by atoms with E-state index in [9.17, 15) is 39.6 Å². The number of carbonyl (C=O) groups excluding carboxylic acids is 1. The summed E-state index contributed by atoms with van der Waals surface area (Å²) in [6.45, 7) is 0.996. The molecule has 0 spiro atoms. The molecule has 0 radical (unpaired) electrons. The van der Waals surface area contributed by atoms with Crippen LogP contribution in [0, 0.1) is 0 Å². The molecule has 3 heterocycles. The molecule has 1 aromatic heterocycles. The Morgan fingerprint density at radius 2 is 2.03 bits per heavy atom. The number of hydrogen-bond donors (Lipinski definition) is 6. The van der Waals surface area contributed by atoms with Gasteiger partial charge in [-0.15, -0.1) is 0 Å². The Labute approximate surface area is 168 Å². The Kier molecular flexibility index (Phi) is 5.92. The number of allylic oxidation sites excluding steroid dienone is 1. The van der Waals surface area contributed by atoms with Crippen LogP contribution in [0.15, 0.2) is 27.4 Å². The minimum Gasteiger partial charge on any atom is -0.479 e. The number of aromatic amines is 1. The Morgan fingerprint density at radius 1 is 1.37 bits per heavy atom. The number of H-pyrrole nitrogens is 1. The molecule has 2 aliphatic rings. The maximum Gasteiger partial charge on any atom is 0.330 e. The molecular formula is C17H22N4O9. The van der Waals surface area contributed by atoms with Crippen molar-refractivity contribution in [2.24, 2.45) is 5.73 Å². The summed E-state index contributed by atoms with van der Waals surface area (Å²) in [7, 11) is 0. The van der Waals surface area contributed by atoms with E-state index in [0.29, 0.717) is 5.57 Å². The van der Waals surface area contributed by atoms with Gasteiger partial charge in [0.25, 0.3) is 5.56 Å². The van der Waals surface area contributed by atoms with Gasteiger partial charge in [-0.05, 0) is 12.5 Å². The van der Waals surface area contributed by atoms with Crippen LogP contribution in [0.1, 0.15) is 18.7 Å². The quantitative estimate of drug-likeness (QED) is 0.253. The van der Waals surface area contributed by atoms with Gasteiger partial charge in [0.05, 0.1) is 12.2 Å². The van der Waals surface area contributed by atoms with Crippen LogP contribution in [0.3, 0.4) is 0 Å². The minimum absolute atomic E-state index is 0.0496. The highest BCUT2D eigenvalue weighted by molar-refractivity contribution is 5.92. The molecule has 2 saturated heterocycles. The number of nitrogens with two attached hydrogens (primary N) is 1. The van der Waals surface area contributed by atoms with E-state index in [1.54, 1.807) is 13.0 Å². The SMILES string of the molecule is C/C=C1\CN(C(=O)C(N)[C@H]2O[C@@H](n3cc(CO)c(=O)[nH]c3=O)[C@H](O)[C@@H]2O)[C@@H]1C(=O)O. The third kappa shape index (κ3) is 3.46. The lowest BCUT2D eigenvalue weighted by atomic mass is 9.92. The summed E-state index contributed by atoms with van der Waals surface area (Å²) in [4.78, 5) is 50.7. The zero-order valence-corrected chi connectivity index (χ0v) is 15.8. The Hall–Kier alpha value is -2.84. The molecule has 0 aliphatic carbocycles. The molecule has 2 aliphatic heterocycles. The van der Waals surface area contributed by atoms with Crippen molar-refractivity contribution in [2.45, 2.75) is 50.2 Å². The highest BCUT2D eigenvalue weighted by Gasteiger charge is 2.51. The molecule has 3 rings (SSSR count). The Balaban J connectivity index is 1.83. The second-order valence-electron chi connectivity index (χ2n) is 7.05. The molecule has 7 N–H and O–H groups in total. The molecule has 2 fully saturated rings. The van der Waals surface area contributed by atoms with Crippen LogP contribution in [0.25, 0.3) is 0 Å². The van der Waals surface area contributed by atoms with E-state index in [1.807, 2.05) is 4.98 Å². The zero-order chi connectivity index (χ0) is 22.3. The van der Waals surface area contributed by atoms with E-state index in [1.165, 1.54) is 0 Å². The molecule has 13 heteroatoms. The summed E-state index contributed by atoms with van der Waals surface area (Å²) in [5.74, 6) is -2.05. The Bertz CT molecular complexity index is 1000. The van der Waals surface area contributed by atoms with Crippen molar-refractivity contribution in [1.29, 1.82) is 0 Å². The number of nitrogens with zero attached hydrogens (tertiary/aromatic N) is 2. The molecule has 164 valence electrons. The molecule has 1 amide bonds. The van der Waals surface area contributed by atoms with Crippen LogP contribution >= 0.6 is 0 Å². The van der Waals surface area contributed by atoms with Gasteiger partial charge in [0.2, 0.25) is 5.91 Å². The van der Waals surface area contributed by atoms with E-state index >= 15 is 0 Å². The van der Waals surface area contributed by atoms with Crippen molar-refractivity contribution in [3.05, 3.63) is 44.2 Å². The number of carboxylic acids is 1. The zero-order valence-electron chi connectivity index (χ0n) is 15.8. The third-order valence-corrected chi connectivity index (χ3v) is 5.30. The van der Waals surface area contributed by atoms with Gasteiger partial charge in [0, 0.05) is 12.7 Å². The average Bonchev–Trinajstić information content (AvgIpc) is 2.95. The molecule has 1 unspecified atom stereocenters. The van der Waals surface area contributed by atoms with Gasteiger partial charge in [-0.3, -0.25) is 19.1 Å². The second-order valence-corrected chi connectivity index (χ2v) is 7.05. The monoisotopic (exact) mass is 426 g/mol. The molecule has 0 aromatic carbocycles. The van der Waals surface area contributed by atoms with Crippen LogP contribution in [0.5, 0.6) is 0 Å². The first-order valence-corrected chi connectivity index (χ1v) is 9.03. The largest absolute Gasteiger partial charge is 0.479 e. The van der Waals surface area contributed by atoms with Crippen LogP contribution in [-0.4, -0.2) is 83.7 Å². The first-order chi connectivity index (χ1) is 14.1. The number of aliphatic hydroxyl groups is 3. The van der Waals surface area contributed by atoms with Crippen molar-refractivity contribution in [1.82, 2.24) is 14.5 Å². The van der Waals surface area contributed by atoms with Gasteiger partial charge in [0.1, 0.15) is 24.4 Å². The van der Waals surface area contributed by atoms with Crippen molar-refractivity contribution in [3.8, 4) is 0 Å². The van der Waals surface area contributed by atoms with E-state index in [4.69, 9.17) is 10.5 Å². The number of hydrogen-bond acceptors (Lipinski definition) is 9. The second kappa shape index (κ2) is 8.12. The van der Waals surface area contributed by atoms with E-state index < -0.39 is 66.4 Å². The van der Waals surface area contributed by atoms with Crippen LogP contribution in [0.2, 0.25) is 0 Å². The first-order valence-electron chi connectivity index (χ1n) is 9.03. The van der Waals surface area contributed by atoms with Crippen molar-refractivity contribution in [2.75, 3.05) is 6.54 Å². The van der Waals surface area contributed by atoms with E-state index in [0.717, 1.165) is 15.7 Å². The number of ether oxygens (including phenoxy) is 1. The van der Waals surface area contributed by atoms with Crippen LogP contribution in [0.4, 0.5) is 0 Å². The molecule has 6 atom stereocenters. The summed E-state index contributed by atoms with van der Waals surface area (Å²) in [6, 6.07) is -2.71. The van der Waals surface area contributed by atoms with Gasteiger partial charge in [0.15, 0.2) is 12.3 Å². The number of amides is 1. The number of aromatic nitrogens is 2. The maximum absolute atomic E-state index is 12.7. The number of carbonyl (C=O) groups is 2. The lowest BCUT2D eigenvalue weighted by Crippen LogP contribution is -2.63. The first kappa shape index (κ1) is 21.9. The van der Waals surface area contributed by atoms with Crippen molar-refractivity contribution in [3.63, 3.8) is 0 Å². The van der Waals surface area contributed by atoms with Gasteiger partial charge >= 0.3 is 11.7 Å². The fourth-order valence-corrected chi connectivity index (χ4v) is 3.58. The number of aliphatic hydroxyl groups excluding tert-OH is 3. The number of likely N-dealkylation sites (tertiary alicyclic amines) is 1. The molecular weight excluding hydrogens is 404 g/mol. The molecule has 30 heavy (non-hydrogen) atoms. The number of aliphatic carboxylic acids is 1. The topological polar surface area (TPSA) is 208 Å². The maximum atomic E-state index is 12.7. The van der Waals surface area contributed by atoms with Crippen LogP contribution in [-0.2, 0) is 20.9 Å². The number of rotatable bonds is 5. The number of nitrogens with one attached hydrogen (secondary N) is 1. The minimum atomic E-state index is -1.69. The fourth-order valence-electron chi connectivity index (χ4n) is 3.58. The van der Waals surface area contributed by atoms with E-state index in [-0.39, 0.29) is 12.1 Å². The predicted molar refractivity (Wildman–Crippen MR) is 98.0 cm³/mol. The van der Waals surface area contributed by atoms with Gasteiger partial charge in [-0.1, -0.05) is 6.08 Å². The lowest BCUT2D eigenvalue weighted by Gasteiger charge is -2.42. The standard InChI is InChI=1S/C17H22N4O9/c1-2-6-3-20(9(6)16(27)28)14(26)8(18)12-10(23)11(24)15(30-12)21-4-7(5-22)13(25)19-17(21)29/h2,4,8-12,15,22-24H,3,5,18H2,1H3,(H,27,28)(H,19,25,29)/b6-2+/t8?,9-,10-,11+,12+,15+/m0/s1. The van der Waals surface area contributed by atoms with Gasteiger partial charge in [-0.25, -0.2) is 9.59 Å². The summed E-state index contributed by atoms with van der Waals surface area (Å²) in [5, 5.41) is 39.2.